The lowest BCUT2D eigenvalue weighted by molar-refractivity contribution is 0.0849. The van der Waals surface area contributed by atoms with E-state index in [-0.39, 0.29) is 5.91 Å². The van der Waals surface area contributed by atoms with Crippen LogP contribution in [0.1, 0.15) is 27.9 Å². The van der Waals surface area contributed by atoms with Crippen LogP contribution in [-0.4, -0.2) is 28.3 Å². The van der Waals surface area contributed by atoms with E-state index < -0.39 is 0 Å². The molecule has 1 saturated heterocycles. The summed E-state index contributed by atoms with van der Waals surface area (Å²) in [5.41, 5.74) is 3.04. The Morgan fingerprint density at radius 3 is 2.45 bits per heavy atom. The summed E-state index contributed by atoms with van der Waals surface area (Å²) in [5.74, 6) is 1.87. The third kappa shape index (κ3) is 6.16. The number of hydrogen-bond acceptors (Lipinski definition) is 4. The highest BCUT2D eigenvalue weighted by Gasteiger charge is 2.24. The minimum atomic E-state index is 0.0240. The molecule has 1 aliphatic rings. The van der Waals surface area contributed by atoms with E-state index in [4.69, 9.17) is 16.6 Å². The van der Waals surface area contributed by atoms with Crippen LogP contribution >= 0.6 is 35.1 Å². The Morgan fingerprint density at radius 1 is 0.968 bits per heavy atom. The summed E-state index contributed by atoms with van der Waals surface area (Å²) in [5, 5.41) is 1.57. The monoisotopic (exact) mass is 466 g/mol. The first kappa shape index (κ1) is 22.0. The van der Waals surface area contributed by atoms with Gasteiger partial charge in [0.2, 0.25) is 0 Å². The maximum absolute atomic E-state index is 13.2. The molecule has 3 aromatic carbocycles. The summed E-state index contributed by atoms with van der Waals surface area (Å²) >= 11 is 9.36. The highest BCUT2D eigenvalue weighted by molar-refractivity contribution is 8.13. The molecule has 1 heterocycles. The predicted octanol–water partition coefficient (Wildman–Crippen LogP) is 6.77. The van der Waals surface area contributed by atoms with Gasteiger partial charge < -0.3 is 0 Å². The maximum Gasteiger partial charge on any atom is 0.259 e. The number of amides is 1. The molecule has 4 rings (SSSR count). The van der Waals surface area contributed by atoms with Crippen molar-refractivity contribution >= 4 is 46.2 Å². The summed E-state index contributed by atoms with van der Waals surface area (Å²) < 4.78 is 0. The van der Waals surface area contributed by atoms with Gasteiger partial charge in [-0.1, -0.05) is 65.8 Å². The van der Waals surface area contributed by atoms with Gasteiger partial charge in [0.25, 0.3) is 5.91 Å². The number of amidine groups is 1. The van der Waals surface area contributed by atoms with Crippen LogP contribution in [0.15, 0.2) is 88.8 Å². The van der Waals surface area contributed by atoms with Crippen LogP contribution in [0.4, 0.5) is 0 Å². The Balaban J connectivity index is 1.40. The summed E-state index contributed by atoms with van der Waals surface area (Å²) in [7, 11) is 0. The van der Waals surface area contributed by atoms with Crippen LogP contribution in [0.5, 0.6) is 0 Å². The van der Waals surface area contributed by atoms with Crippen LogP contribution in [-0.2, 0) is 12.3 Å². The van der Waals surface area contributed by atoms with Crippen LogP contribution in [0.2, 0.25) is 5.02 Å². The molecule has 3 aromatic rings. The smallest absolute Gasteiger partial charge is 0.259 e. The second kappa shape index (κ2) is 10.9. The fourth-order valence-electron chi connectivity index (χ4n) is 3.22. The van der Waals surface area contributed by atoms with Crippen molar-refractivity contribution in [3.8, 4) is 0 Å². The van der Waals surface area contributed by atoms with Gasteiger partial charge in [0.05, 0.1) is 6.54 Å². The van der Waals surface area contributed by atoms with E-state index in [0.717, 1.165) is 33.7 Å². The van der Waals surface area contributed by atoms with Crippen molar-refractivity contribution in [2.45, 2.75) is 23.6 Å². The minimum absolute atomic E-state index is 0.0240. The zero-order chi connectivity index (χ0) is 21.5. The molecule has 1 amide bonds. The van der Waals surface area contributed by atoms with E-state index >= 15 is 0 Å². The molecule has 0 unspecified atom stereocenters. The van der Waals surface area contributed by atoms with Crippen molar-refractivity contribution in [2.24, 2.45) is 4.99 Å². The highest BCUT2D eigenvalue weighted by Crippen LogP contribution is 2.25. The van der Waals surface area contributed by atoms with Crippen LogP contribution in [0.3, 0.4) is 0 Å². The third-order valence-corrected chi connectivity index (χ3v) is 7.33. The topological polar surface area (TPSA) is 32.7 Å². The van der Waals surface area contributed by atoms with E-state index in [2.05, 4.69) is 12.1 Å². The molecule has 6 heteroatoms. The molecule has 158 valence electrons. The lowest BCUT2D eigenvalue weighted by Gasteiger charge is -2.28. The van der Waals surface area contributed by atoms with Gasteiger partial charge in [-0.2, -0.15) is 0 Å². The molecule has 0 spiro atoms. The fraction of sp³-hybridized carbons (Fsp3) is 0.200. The second-order valence-electron chi connectivity index (χ2n) is 7.18. The third-order valence-electron chi connectivity index (χ3n) is 4.89. The molecular weight excluding hydrogens is 444 g/mol. The van der Waals surface area contributed by atoms with Crippen LogP contribution in [0.25, 0.3) is 0 Å². The molecule has 0 N–H and O–H groups in total. The average molecular weight is 467 g/mol. The number of benzene rings is 3. The van der Waals surface area contributed by atoms with Gasteiger partial charge in [-0.3, -0.25) is 14.7 Å². The van der Waals surface area contributed by atoms with Crippen molar-refractivity contribution in [2.75, 3.05) is 12.3 Å². The molecule has 0 radical (unpaired) electrons. The number of carbonyl (C=O) groups is 1. The van der Waals surface area contributed by atoms with Crippen molar-refractivity contribution in [1.82, 2.24) is 4.90 Å². The standard InChI is InChI=1S/C25H23ClN2OS2/c26-22-11-13-23(14-12-22)31-18-20-7-9-21(10-8-20)24(29)28-15-4-16-30-25(28)27-17-19-5-2-1-3-6-19/h1-3,5-14H,4,15-18H2. The predicted molar refractivity (Wildman–Crippen MR) is 133 cm³/mol. The van der Waals surface area contributed by atoms with Gasteiger partial charge in [-0.05, 0) is 53.9 Å². The number of rotatable bonds is 6. The molecular formula is C25H23ClN2OS2. The zero-order valence-electron chi connectivity index (χ0n) is 17.0. The Bertz CT molecular complexity index is 1040. The van der Waals surface area contributed by atoms with Crippen molar-refractivity contribution < 1.29 is 4.79 Å². The molecule has 3 nitrogen and oxygen atoms in total. The Labute approximate surface area is 196 Å². The first-order chi connectivity index (χ1) is 15.2. The highest BCUT2D eigenvalue weighted by atomic mass is 35.5. The number of carbonyl (C=O) groups excluding carboxylic acids is 1. The van der Waals surface area contributed by atoms with E-state index in [1.807, 2.05) is 71.6 Å². The van der Waals surface area contributed by atoms with Crippen molar-refractivity contribution in [1.29, 1.82) is 0 Å². The second-order valence-corrected chi connectivity index (χ2v) is 9.73. The Morgan fingerprint density at radius 2 is 1.71 bits per heavy atom. The normalized spacial score (nSPS) is 15.3. The largest absolute Gasteiger partial charge is 0.287 e. The lowest BCUT2D eigenvalue weighted by atomic mass is 10.1. The van der Waals surface area contributed by atoms with E-state index in [1.54, 1.807) is 23.5 Å². The van der Waals surface area contributed by atoms with Crippen molar-refractivity contribution in [3.63, 3.8) is 0 Å². The minimum Gasteiger partial charge on any atom is -0.287 e. The van der Waals surface area contributed by atoms with Gasteiger partial charge in [-0.25, -0.2) is 0 Å². The van der Waals surface area contributed by atoms with Gasteiger partial charge in [0.15, 0.2) is 5.17 Å². The first-order valence-electron chi connectivity index (χ1n) is 10.2. The molecule has 31 heavy (non-hydrogen) atoms. The molecule has 0 aliphatic carbocycles. The van der Waals surface area contributed by atoms with Gasteiger partial charge in [-0.15, -0.1) is 11.8 Å². The number of nitrogens with zero attached hydrogens (tertiary/aromatic N) is 2. The summed E-state index contributed by atoms with van der Waals surface area (Å²) in [6, 6.07) is 25.9. The fourth-order valence-corrected chi connectivity index (χ4v) is 5.14. The van der Waals surface area contributed by atoms with Crippen molar-refractivity contribution in [3.05, 3.63) is 101 Å². The van der Waals surface area contributed by atoms with Gasteiger partial charge in [0, 0.05) is 33.5 Å². The summed E-state index contributed by atoms with van der Waals surface area (Å²) in [4.78, 5) is 20.9. The molecule has 0 aromatic heterocycles. The summed E-state index contributed by atoms with van der Waals surface area (Å²) in [6.45, 7) is 1.31. The number of halogens is 1. The van der Waals surface area contributed by atoms with E-state index in [9.17, 15) is 4.79 Å². The van der Waals surface area contributed by atoms with Gasteiger partial charge in [0.1, 0.15) is 0 Å². The molecule has 1 aliphatic heterocycles. The Hall–Kier alpha value is -2.21. The van der Waals surface area contributed by atoms with E-state index in [1.165, 1.54) is 10.5 Å². The van der Waals surface area contributed by atoms with Crippen LogP contribution < -0.4 is 0 Å². The number of thioether (sulfide) groups is 2. The maximum atomic E-state index is 13.2. The SMILES string of the molecule is O=C(c1ccc(CSc2ccc(Cl)cc2)cc1)N1CCCSC1=NCc1ccccc1. The molecule has 0 saturated carbocycles. The number of aliphatic imine (C=N–C) groups is 1. The Kier molecular flexibility index (Phi) is 7.73. The molecule has 1 fully saturated rings. The van der Waals surface area contributed by atoms with E-state index in [0.29, 0.717) is 18.7 Å². The molecule has 0 atom stereocenters. The lowest BCUT2D eigenvalue weighted by Crippen LogP contribution is -2.39. The molecule has 0 bridgehead atoms. The number of hydrogen-bond donors (Lipinski definition) is 0. The van der Waals surface area contributed by atoms with Gasteiger partial charge >= 0.3 is 0 Å². The quantitative estimate of drug-likeness (QED) is 0.376. The first-order valence-corrected chi connectivity index (χ1v) is 12.5. The zero-order valence-corrected chi connectivity index (χ0v) is 19.4. The average Bonchev–Trinajstić information content (AvgIpc) is 2.83. The summed E-state index contributed by atoms with van der Waals surface area (Å²) in [6.07, 6.45) is 0.983. The van der Waals surface area contributed by atoms with Crippen LogP contribution in [0, 0.1) is 0 Å².